The molecule has 5 heteroatoms. The molecule has 0 bridgehead atoms. The highest BCUT2D eigenvalue weighted by molar-refractivity contribution is 7.77. The van der Waals surface area contributed by atoms with Crippen molar-refractivity contribution < 1.29 is 4.79 Å². The van der Waals surface area contributed by atoms with Gasteiger partial charge in [-0.1, -0.05) is 12.8 Å². The van der Waals surface area contributed by atoms with E-state index in [1.54, 1.807) is 0 Å². The van der Waals surface area contributed by atoms with Crippen molar-refractivity contribution in [3.63, 3.8) is 0 Å². The Morgan fingerprint density at radius 3 is 2.57 bits per heavy atom. The molecule has 0 spiro atoms. The van der Waals surface area contributed by atoms with Crippen LogP contribution in [0.3, 0.4) is 0 Å². The SMILES string of the molecule is O=C([C@H]1CCCN1)N1CCN(S)CC1. The molecule has 2 saturated heterocycles. The molecule has 2 aliphatic rings. The van der Waals surface area contributed by atoms with Crippen LogP contribution in [0.4, 0.5) is 0 Å². The van der Waals surface area contributed by atoms with E-state index in [0.717, 1.165) is 45.6 Å². The lowest BCUT2D eigenvalue weighted by Gasteiger charge is -2.33. The first-order valence-corrected chi connectivity index (χ1v) is 5.63. The first kappa shape index (κ1) is 10.3. The summed E-state index contributed by atoms with van der Waals surface area (Å²) in [5.41, 5.74) is 0. The lowest BCUT2D eigenvalue weighted by molar-refractivity contribution is -0.134. The highest BCUT2D eigenvalue weighted by Crippen LogP contribution is 2.11. The van der Waals surface area contributed by atoms with Gasteiger partial charge in [-0.3, -0.25) is 4.79 Å². The van der Waals surface area contributed by atoms with Crippen molar-refractivity contribution in [2.75, 3.05) is 32.7 Å². The highest BCUT2D eigenvalue weighted by Gasteiger charge is 2.28. The summed E-state index contributed by atoms with van der Waals surface area (Å²) in [5.74, 6) is 0.281. The Labute approximate surface area is 90.2 Å². The molecular weight excluding hydrogens is 198 g/mol. The van der Waals surface area contributed by atoms with E-state index in [9.17, 15) is 4.79 Å². The van der Waals surface area contributed by atoms with Crippen LogP contribution < -0.4 is 5.32 Å². The summed E-state index contributed by atoms with van der Waals surface area (Å²) < 4.78 is 1.96. The van der Waals surface area contributed by atoms with Gasteiger partial charge in [-0.25, -0.2) is 4.31 Å². The largest absolute Gasteiger partial charge is 0.339 e. The molecule has 0 aromatic rings. The number of hydrogen-bond acceptors (Lipinski definition) is 4. The van der Waals surface area contributed by atoms with Gasteiger partial charge in [0, 0.05) is 26.2 Å². The number of nitrogens with one attached hydrogen (secondary N) is 1. The number of thiol groups is 1. The Kier molecular flexibility index (Phi) is 3.30. The van der Waals surface area contributed by atoms with E-state index in [2.05, 4.69) is 18.1 Å². The van der Waals surface area contributed by atoms with Crippen LogP contribution in [0.5, 0.6) is 0 Å². The normalized spacial score (nSPS) is 29.5. The Morgan fingerprint density at radius 2 is 2.00 bits per heavy atom. The molecule has 80 valence electrons. The predicted molar refractivity (Wildman–Crippen MR) is 58.2 cm³/mol. The first-order chi connectivity index (χ1) is 6.77. The van der Waals surface area contributed by atoms with Gasteiger partial charge in [0.15, 0.2) is 0 Å². The molecule has 0 radical (unpaired) electrons. The van der Waals surface area contributed by atoms with E-state index in [-0.39, 0.29) is 11.9 Å². The second-order valence-corrected chi connectivity index (χ2v) is 4.49. The summed E-state index contributed by atoms with van der Waals surface area (Å²) in [5, 5.41) is 3.24. The Morgan fingerprint density at radius 1 is 1.29 bits per heavy atom. The second-order valence-electron chi connectivity index (χ2n) is 3.93. The van der Waals surface area contributed by atoms with Gasteiger partial charge in [0.1, 0.15) is 0 Å². The lowest BCUT2D eigenvalue weighted by Crippen LogP contribution is -2.51. The summed E-state index contributed by atoms with van der Waals surface area (Å²) in [4.78, 5) is 13.9. The van der Waals surface area contributed by atoms with Crippen LogP contribution >= 0.6 is 12.8 Å². The van der Waals surface area contributed by atoms with Crippen LogP contribution in [0.25, 0.3) is 0 Å². The average molecular weight is 215 g/mol. The van der Waals surface area contributed by atoms with Crippen LogP contribution in [0.1, 0.15) is 12.8 Å². The smallest absolute Gasteiger partial charge is 0.239 e. The molecule has 4 nitrogen and oxygen atoms in total. The molecule has 2 fully saturated rings. The number of carbonyl (C=O) groups excluding carboxylic acids is 1. The fourth-order valence-corrected chi connectivity index (χ4v) is 2.21. The third-order valence-corrected chi connectivity index (χ3v) is 3.33. The number of carbonyl (C=O) groups is 1. The van der Waals surface area contributed by atoms with Gasteiger partial charge in [-0.15, -0.1) is 0 Å². The van der Waals surface area contributed by atoms with E-state index in [1.807, 2.05) is 9.21 Å². The molecule has 1 atom stereocenters. The second kappa shape index (κ2) is 4.51. The fraction of sp³-hybridized carbons (Fsp3) is 0.889. The maximum Gasteiger partial charge on any atom is 0.239 e. The molecule has 2 rings (SSSR count). The summed E-state index contributed by atoms with van der Waals surface area (Å²) in [6.07, 6.45) is 2.13. The monoisotopic (exact) mass is 215 g/mol. The zero-order valence-corrected chi connectivity index (χ0v) is 9.17. The minimum atomic E-state index is 0.0847. The molecule has 0 unspecified atom stereocenters. The van der Waals surface area contributed by atoms with E-state index < -0.39 is 0 Å². The fourth-order valence-electron chi connectivity index (χ4n) is 2.03. The molecule has 1 amide bonds. The molecule has 0 aliphatic carbocycles. The van der Waals surface area contributed by atoms with Crippen molar-refractivity contribution in [3.05, 3.63) is 0 Å². The number of rotatable bonds is 1. The molecule has 2 aliphatic heterocycles. The van der Waals surface area contributed by atoms with Crippen molar-refractivity contribution in [2.45, 2.75) is 18.9 Å². The maximum absolute atomic E-state index is 11.9. The van der Waals surface area contributed by atoms with Gasteiger partial charge in [0.05, 0.1) is 6.04 Å². The Hall–Kier alpha value is -0.260. The van der Waals surface area contributed by atoms with E-state index in [1.165, 1.54) is 0 Å². The maximum atomic E-state index is 11.9. The number of hydrogen-bond donors (Lipinski definition) is 2. The molecule has 0 saturated carbocycles. The van der Waals surface area contributed by atoms with Gasteiger partial charge < -0.3 is 10.2 Å². The lowest BCUT2D eigenvalue weighted by atomic mass is 10.2. The minimum Gasteiger partial charge on any atom is -0.339 e. The van der Waals surface area contributed by atoms with Gasteiger partial charge in [0.25, 0.3) is 0 Å². The first-order valence-electron chi connectivity index (χ1n) is 5.23. The van der Waals surface area contributed by atoms with Gasteiger partial charge >= 0.3 is 0 Å². The van der Waals surface area contributed by atoms with Gasteiger partial charge in [0.2, 0.25) is 5.91 Å². The van der Waals surface area contributed by atoms with E-state index >= 15 is 0 Å². The number of nitrogens with zero attached hydrogens (tertiary/aromatic N) is 2. The molecule has 0 aromatic heterocycles. The van der Waals surface area contributed by atoms with Crippen molar-refractivity contribution in [2.24, 2.45) is 0 Å². The highest BCUT2D eigenvalue weighted by atomic mass is 32.1. The van der Waals surface area contributed by atoms with Gasteiger partial charge in [-0.2, -0.15) is 0 Å². The van der Waals surface area contributed by atoms with Crippen LogP contribution in [0.2, 0.25) is 0 Å². The molecular formula is C9H17N3OS. The van der Waals surface area contributed by atoms with Crippen molar-refractivity contribution in [1.29, 1.82) is 0 Å². The molecule has 14 heavy (non-hydrogen) atoms. The van der Waals surface area contributed by atoms with Crippen molar-refractivity contribution in [1.82, 2.24) is 14.5 Å². The summed E-state index contributed by atoms with van der Waals surface area (Å²) in [7, 11) is 0. The van der Waals surface area contributed by atoms with Crippen LogP contribution in [-0.2, 0) is 4.79 Å². The molecule has 1 N–H and O–H groups in total. The average Bonchev–Trinajstić information content (AvgIpc) is 2.71. The molecule has 2 heterocycles. The quantitative estimate of drug-likeness (QED) is 0.591. The number of amides is 1. The standard InChI is InChI=1S/C9H17N3OS/c13-9(8-2-1-3-10-8)11-4-6-12(14)7-5-11/h8,10,14H,1-7H2/t8-/m1/s1. The van der Waals surface area contributed by atoms with Gasteiger partial charge in [-0.05, 0) is 19.4 Å². The third-order valence-electron chi connectivity index (χ3n) is 2.93. The zero-order valence-electron chi connectivity index (χ0n) is 8.28. The number of piperazine rings is 1. The Bertz CT molecular complexity index is 210. The topological polar surface area (TPSA) is 35.6 Å². The third kappa shape index (κ3) is 2.21. The summed E-state index contributed by atoms with van der Waals surface area (Å²) in [6.45, 7) is 4.38. The van der Waals surface area contributed by atoms with Crippen molar-refractivity contribution >= 4 is 18.7 Å². The summed E-state index contributed by atoms with van der Waals surface area (Å²) >= 11 is 4.26. The zero-order chi connectivity index (χ0) is 9.97. The van der Waals surface area contributed by atoms with E-state index in [0.29, 0.717) is 0 Å². The summed E-state index contributed by atoms with van der Waals surface area (Å²) in [6, 6.07) is 0.0847. The van der Waals surface area contributed by atoms with Crippen LogP contribution in [-0.4, -0.2) is 53.9 Å². The van der Waals surface area contributed by atoms with Crippen molar-refractivity contribution in [3.8, 4) is 0 Å². The van der Waals surface area contributed by atoms with Crippen LogP contribution in [0, 0.1) is 0 Å². The van der Waals surface area contributed by atoms with E-state index in [4.69, 9.17) is 0 Å². The predicted octanol–water partition coefficient (Wildman–Crippen LogP) is -0.273. The Balaban J connectivity index is 1.85. The molecule has 0 aromatic carbocycles. The van der Waals surface area contributed by atoms with Crippen LogP contribution in [0.15, 0.2) is 0 Å². The minimum absolute atomic E-state index is 0.0847.